The monoisotopic (exact) mass is 254 g/mol. The van der Waals surface area contributed by atoms with Gasteiger partial charge < -0.3 is 5.32 Å². The first kappa shape index (κ1) is 11.6. The Labute approximate surface area is 102 Å². The molecule has 0 unspecified atom stereocenters. The molecule has 17 heavy (non-hydrogen) atoms. The van der Waals surface area contributed by atoms with E-state index in [0.29, 0.717) is 18.7 Å². The van der Waals surface area contributed by atoms with Crippen LogP contribution in [-0.4, -0.2) is 31.5 Å². The van der Waals surface area contributed by atoms with Crippen molar-refractivity contribution in [3.63, 3.8) is 0 Å². The van der Waals surface area contributed by atoms with Crippen LogP contribution < -0.4 is 10.9 Å². The van der Waals surface area contributed by atoms with Gasteiger partial charge >= 0.3 is 0 Å². The van der Waals surface area contributed by atoms with Crippen LogP contribution >= 0.6 is 11.6 Å². The highest BCUT2D eigenvalue weighted by molar-refractivity contribution is 6.32. The van der Waals surface area contributed by atoms with E-state index in [1.54, 1.807) is 18.1 Å². The van der Waals surface area contributed by atoms with Crippen molar-refractivity contribution in [3.8, 4) is 0 Å². The Morgan fingerprint density at radius 1 is 1.59 bits per heavy atom. The van der Waals surface area contributed by atoms with Crippen LogP contribution in [0.25, 0.3) is 0 Å². The molecule has 0 saturated carbocycles. The van der Waals surface area contributed by atoms with Gasteiger partial charge in [-0.05, 0) is 0 Å². The quantitative estimate of drug-likeness (QED) is 0.814. The van der Waals surface area contributed by atoms with Gasteiger partial charge in [-0.2, -0.15) is 10.2 Å². The van der Waals surface area contributed by atoms with Crippen molar-refractivity contribution in [2.45, 2.75) is 6.42 Å². The van der Waals surface area contributed by atoms with Crippen molar-refractivity contribution < 1.29 is 0 Å². The Balaban J connectivity index is 1.94. The molecular formula is C9H11ClN6O. The van der Waals surface area contributed by atoms with Gasteiger partial charge in [0.1, 0.15) is 11.3 Å². The van der Waals surface area contributed by atoms with Crippen LogP contribution in [0.15, 0.2) is 17.3 Å². The van der Waals surface area contributed by atoms with Crippen LogP contribution in [0.5, 0.6) is 0 Å². The number of nitrogens with one attached hydrogen (secondary N) is 2. The Morgan fingerprint density at radius 3 is 3.12 bits per heavy atom. The number of anilines is 1. The third-order valence-corrected chi connectivity index (χ3v) is 2.48. The molecule has 2 aromatic rings. The second kappa shape index (κ2) is 4.96. The molecule has 0 saturated heterocycles. The summed E-state index contributed by atoms with van der Waals surface area (Å²) in [4.78, 5) is 15.2. The lowest BCUT2D eigenvalue weighted by molar-refractivity contribution is 0.742. The number of aromatic amines is 1. The van der Waals surface area contributed by atoms with Crippen molar-refractivity contribution >= 4 is 17.3 Å². The molecule has 0 radical (unpaired) electrons. The molecule has 0 amide bonds. The molecule has 0 bridgehead atoms. The number of hydrogen-bond donors (Lipinski definition) is 2. The van der Waals surface area contributed by atoms with Crippen molar-refractivity contribution in [2.75, 3.05) is 11.9 Å². The average molecular weight is 255 g/mol. The summed E-state index contributed by atoms with van der Waals surface area (Å²) in [5, 5.41) is 13.1. The molecule has 90 valence electrons. The van der Waals surface area contributed by atoms with E-state index in [4.69, 9.17) is 11.6 Å². The van der Waals surface area contributed by atoms with Gasteiger partial charge in [-0.3, -0.25) is 9.48 Å². The maximum absolute atomic E-state index is 11.2. The third kappa shape index (κ3) is 2.82. The minimum Gasteiger partial charge on any atom is -0.382 e. The normalized spacial score (nSPS) is 10.5. The molecule has 0 atom stereocenters. The fraction of sp³-hybridized carbons (Fsp3) is 0.333. The summed E-state index contributed by atoms with van der Waals surface area (Å²) in [5.41, 5.74) is 0.0963. The van der Waals surface area contributed by atoms with Gasteiger partial charge in [-0.25, -0.2) is 10.1 Å². The molecule has 2 aromatic heterocycles. The molecule has 0 aliphatic carbocycles. The molecule has 8 heteroatoms. The van der Waals surface area contributed by atoms with E-state index in [0.717, 1.165) is 5.82 Å². The van der Waals surface area contributed by atoms with E-state index in [1.165, 1.54) is 6.20 Å². The zero-order chi connectivity index (χ0) is 12.3. The molecule has 0 aliphatic rings. The SMILES string of the molecule is Cn1cnc(CCNc2cn[nH]c(=O)c2Cl)n1. The summed E-state index contributed by atoms with van der Waals surface area (Å²) in [6.45, 7) is 0.578. The number of rotatable bonds is 4. The fourth-order valence-electron chi connectivity index (χ4n) is 1.31. The minimum atomic E-state index is -0.410. The molecule has 2 heterocycles. The van der Waals surface area contributed by atoms with Crippen molar-refractivity contribution in [2.24, 2.45) is 7.05 Å². The first-order valence-electron chi connectivity index (χ1n) is 4.98. The third-order valence-electron chi connectivity index (χ3n) is 2.11. The largest absolute Gasteiger partial charge is 0.382 e. The smallest absolute Gasteiger partial charge is 0.285 e. The van der Waals surface area contributed by atoms with Crippen LogP contribution in [0.4, 0.5) is 5.69 Å². The minimum absolute atomic E-state index is 0.106. The first-order chi connectivity index (χ1) is 8.16. The summed E-state index contributed by atoms with van der Waals surface area (Å²) in [7, 11) is 1.81. The van der Waals surface area contributed by atoms with Crippen LogP contribution in [0.3, 0.4) is 0 Å². The summed E-state index contributed by atoms with van der Waals surface area (Å²) in [6, 6.07) is 0. The molecule has 0 aromatic carbocycles. The summed E-state index contributed by atoms with van der Waals surface area (Å²) >= 11 is 5.80. The highest BCUT2D eigenvalue weighted by atomic mass is 35.5. The lowest BCUT2D eigenvalue weighted by atomic mass is 10.4. The zero-order valence-electron chi connectivity index (χ0n) is 9.14. The Bertz CT molecular complexity index is 563. The lowest BCUT2D eigenvalue weighted by Gasteiger charge is -2.04. The van der Waals surface area contributed by atoms with E-state index in [1.807, 2.05) is 0 Å². The number of H-pyrrole nitrogens is 1. The maximum Gasteiger partial charge on any atom is 0.285 e. The van der Waals surface area contributed by atoms with Gasteiger partial charge in [0.2, 0.25) is 0 Å². The van der Waals surface area contributed by atoms with Gasteiger partial charge in [-0.1, -0.05) is 11.6 Å². The van der Waals surface area contributed by atoms with Gasteiger partial charge in [0.25, 0.3) is 5.56 Å². The van der Waals surface area contributed by atoms with Gasteiger partial charge in [0.15, 0.2) is 5.82 Å². The predicted molar refractivity (Wildman–Crippen MR) is 63.1 cm³/mol. The number of hydrogen-bond acceptors (Lipinski definition) is 5. The highest BCUT2D eigenvalue weighted by Gasteiger charge is 2.04. The van der Waals surface area contributed by atoms with E-state index in [2.05, 4.69) is 25.6 Å². The summed E-state index contributed by atoms with van der Waals surface area (Å²) in [5.74, 6) is 0.730. The standard InChI is InChI=1S/C9H11ClN6O/c1-16-5-12-7(15-16)2-3-11-6-4-13-14-9(17)8(6)10/h4-5H,2-3H2,1H3,(H2,11,14,17). The predicted octanol–water partition coefficient (Wildman–Crippen LogP) is 0.206. The van der Waals surface area contributed by atoms with E-state index < -0.39 is 5.56 Å². The van der Waals surface area contributed by atoms with Crippen molar-refractivity contribution in [3.05, 3.63) is 33.7 Å². The van der Waals surface area contributed by atoms with Crippen LogP contribution in [0, 0.1) is 0 Å². The number of aromatic nitrogens is 5. The molecule has 0 fully saturated rings. The van der Waals surface area contributed by atoms with E-state index >= 15 is 0 Å². The topological polar surface area (TPSA) is 88.5 Å². The second-order valence-electron chi connectivity index (χ2n) is 3.44. The number of aryl methyl sites for hydroxylation is 1. The second-order valence-corrected chi connectivity index (χ2v) is 3.82. The van der Waals surface area contributed by atoms with Crippen LogP contribution in [0.1, 0.15) is 5.82 Å². The molecular weight excluding hydrogens is 244 g/mol. The molecule has 7 nitrogen and oxygen atoms in total. The highest BCUT2D eigenvalue weighted by Crippen LogP contribution is 2.13. The van der Waals surface area contributed by atoms with Gasteiger partial charge in [0.05, 0.1) is 11.9 Å². The molecule has 2 N–H and O–H groups in total. The first-order valence-corrected chi connectivity index (χ1v) is 5.36. The van der Waals surface area contributed by atoms with Crippen molar-refractivity contribution in [1.29, 1.82) is 0 Å². The van der Waals surface area contributed by atoms with E-state index in [9.17, 15) is 4.79 Å². The molecule has 0 spiro atoms. The Morgan fingerprint density at radius 2 is 2.41 bits per heavy atom. The zero-order valence-corrected chi connectivity index (χ0v) is 9.90. The Kier molecular flexibility index (Phi) is 3.38. The Hall–Kier alpha value is -1.89. The van der Waals surface area contributed by atoms with Crippen molar-refractivity contribution in [1.82, 2.24) is 25.0 Å². The van der Waals surface area contributed by atoms with E-state index in [-0.39, 0.29) is 5.02 Å². The van der Waals surface area contributed by atoms with Crippen LogP contribution in [-0.2, 0) is 13.5 Å². The molecule has 2 rings (SSSR count). The maximum atomic E-state index is 11.2. The summed E-state index contributed by atoms with van der Waals surface area (Å²) < 4.78 is 1.64. The lowest BCUT2D eigenvalue weighted by Crippen LogP contribution is -2.13. The van der Waals surface area contributed by atoms with Gasteiger partial charge in [-0.15, -0.1) is 0 Å². The number of halogens is 1. The molecule has 0 aliphatic heterocycles. The number of nitrogens with zero attached hydrogens (tertiary/aromatic N) is 4. The average Bonchev–Trinajstić information content (AvgIpc) is 2.70. The fourth-order valence-corrected chi connectivity index (χ4v) is 1.47. The van der Waals surface area contributed by atoms with Crippen LogP contribution in [0.2, 0.25) is 5.02 Å². The summed E-state index contributed by atoms with van der Waals surface area (Å²) in [6.07, 6.45) is 3.75. The van der Waals surface area contributed by atoms with Gasteiger partial charge in [0, 0.05) is 20.0 Å².